The minimum Gasteiger partial charge on any atom is -0.381 e. The zero-order valence-electron chi connectivity index (χ0n) is 12.7. The molecular formula is C17H24N4. The van der Waals surface area contributed by atoms with Crippen LogP contribution < -0.4 is 5.32 Å². The average molecular weight is 284 g/mol. The van der Waals surface area contributed by atoms with Crippen LogP contribution in [0.2, 0.25) is 0 Å². The monoisotopic (exact) mass is 284 g/mol. The number of para-hydroxylation sites is 1. The summed E-state index contributed by atoms with van der Waals surface area (Å²) in [6.45, 7) is 6.55. The summed E-state index contributed by atoms with van der Waals surface area (Å²) in [7, 11) is 0. The quantitative estimate of drug-likeness (QED) is 0.885. The van der Waals surface area contributed by atoms with Gasteiger partial charge in [-0.05, 0) is 31.5 Å². The highest BCUT2D eigenvalue weighted by Gasteiger charge is 2.22. The second-order valence-electron chi connectivity index (χ2n) is 5.68. The van der Waals surface area contributed by atoms with Gasteiger partial charge < -0.3 is 10.2 Å². The molecule has 0 amide bonds. The lowest BCUT2D eigenvalue weighted by Gasteiger charge is -2.17. The molecule has 0 radical (unpaired) electrons. The molecule has 112 valence electrons. The molecule has 1 atom stereocenters. The second kappa shape index (κ2) is 6.76. The van der Waals surface area contributed by atoms with Gasteiger partial charge in [-0.15, -0.1) is 0 Å². The van der Waals surface area contributed by atoms with Crippen molar-refractivity contribution in [3.63, 3.8) is 0 Å². The fraction of sp³-hybridized carbons (Fsp3) is 0.471. The Morgan fingerprint density at radius 2 is 2.10 bits per heavy atom. The van der Waals surface area contributed by atoms with Crippen molar-refractivity contribution >= 4 is 5.69 Å². The van der Waals surface area contributed by atoms with Gasteiger partial charge in [-0.2, -0.15) is 5.10 Å². The Morgan fingerprint density at radius 3 is 2.90 bits per heavy atom. The number of hydrogen-bond acceptors (Lipinski definition) is 3. The molecule has 4 nitrogen and oxygen atoms in total. The molecule has 0 bridgehead atoms. The fourth-order valence-corrected chi connectivity index (χ4v) is 3.05. The first kappa shape index (κ1) is 14.1. The summed E-state index contributed by atoms with van der Waals surface area (Å²) < 4.78 is 2.09. The zero-order chi connectivity index (χ0) is 14.5. The summed E-state index contributed by atoms with van der Waals surface area (Å²) in [4.78, 5) is 2.55. The van der Waals surface area contributed by atoms with Crippen molar-refractivity contribution in [1.82, 2.24) is 14.7 Å². The van der Waals surface area contributed by atoms with E-state index in [0.29, 0.717) is 6.04 Å². The van der Waals surface area contributed by atoms with Crippen LogP contribution in [0.5, 0.6) is 0 Å². The van der Waals surface area contributed by atoms with Crippen molar-refractivity contribution < 1.29 is 0 Å². The van der Waals surface area contributed by atoms with E-state index in [2.05, 4.69) is 63.3 Å². The number of rotatable bonds is 6. The van der Waals surface area contributed by atoms with Crippen molar-refractivity contribution in [1.29, 1.82) is 0 Å². The number of nitrogens with one attached hydrogen (secondary N) is 1. The first-order valence-corrected chi connectivity index (χ1v) is 7.90. The van der Waals surface area contributed by atoms with E-state index in [1.165, 1.54) is 24.3 Å². The molecule has 1 aliphatic heterocycles. The Hall–Kier alpha value is -1.81. The van der Waals surface area contributed by atoms with Crippen molar-refractivity contribution in [3.8, 4) is 0 Å². The minimum atomic E-state index is 0.573. The van der Waals surface area contributed by atoms with Crippen LogP contribution in [0.3, 0.4) is 0 Å². The topological polar surface area (TPSA) is 33.1 Å². The molecule has 3 rings (SSSR count). The number of hydrogen-bond donors (Lipinski definition) is 1. The molecule has 0 saturated carbocycles. The Balaban J connectivity index is 1.47. The summed E-state index contributed by atoms with van der Waals surface area (Å²) in [5.41, 5.74) is 2.57. The normalized spacial score (nSPS) is 19.0. The lowest BCUT2D eigenvalue weighted by molar-refractivity contribution is 0.337. The second-order valence-corrected chi connectivity index (χ2v) is 5.68. The maximum absolute atomic E-state index is 4.34. The summed E-state index contributed by atoms with van der Waals surface area (Å²) >= 11 is 0. The third kappa shape index (κ3) is 3.64. The standard InChI is InChI=1S/C17H24N4/c1-2-21-17(8-11-18-21)10-13-20-12-9-16(14-20)19-15-6-4-3-5-7-15/h3-8,11,16,19H,2,9-10,12-14H2,1H3. The third-order valence-electron chi connectivity index (χ3n) is 4.21. The molecule has 0 aliphatic carbocycles. The SMILES string of the molecule is CCn1nccc1CCN1CCC(Nc2ccccc2)C1. The lowest BCUT2D eigenvalue weighted by atomic mass is 10.2. The molecule has 1 N–H and O–H groups in total. The van der Waals surface area contributed by atoms with Crippen LogP contribution in [0.4, 0.5) is 5.69 Å². The van der Waals surface area contributed by atoms with Crippen LogP contribution in [0.25, 0.3) is 0 Å². The van der Waals surface area contributed by atoms with E-state index in [1.807, 2.05) is 6.20 Å². The van der Waals surface area contributed by atoms with Crippen LogP contribution in [-0.4, -0.2) is 40.4 Å². The molecule has 0 spiro atoms. The number of aromatic nitrogens is 2. The summed E-state index contributed by atoms with van der Waals surface area (Å²) in [5.74, 6) is 0. The highest BCUT2D eigenvalue weighted by molar-refractivity contribution is 5.43. The summed E-state index contributed by atoms with van der Waals surface area (Å²) in [6.07, 6.45) is 4.22. The molecule has 1 aromatic carbocycles. The van der Waals surface area contributed by atoms with Gasteiger partial charge in [0.15, 0.2) is 0 Å². The van der Waals surface area contributed by atoms with E-state index >= 15 is 0 Å². The Bertz CT molecular complexity index is 549. The van der Waals surface area contributed by atoms with Crippen molar-refractivity contribution in [3.05, 3.63) is 48.3 Å². The van der Waals surface area contributed by atoms with Crippen LogP contribution in [-0.2, 0) is 13.0 Å². The maximum atomic E-state index is 4.34. The molecule has 4 heteroatoms. The largest absolute Gasteiger partial charge is 0.381 e. The molecule has 1 aromatic heterocycles. The summed E-state index contributed by atoms with van der Waals surface area (Å²) in [6, 6.07) is 13.2. The minimum absolute atomic E-state index is 0.573. The predicted molar refractivity (Wildman–Crippen MR) is 86.5 cm³/mol. The maximum Gasteiger partial charge on any atom is 0.0492 e. The number of anilines is 1. The van der Waals surface area contributed by atoms with Crippen LogP contribution in [0.15, 0.2) is 42.6 Å². The number of aryl methyl sites for hydroxylation is 1. The van der Waals surface area contributed by atoms with E-state index in [1.54, 1.807) is 0 Å². The molecule has 1 saturated heterocycles. The van der Waals surface area contributed by atoms with Crippen molar-refractivity contribution in [2.75, 3.05) is 25.0 Å². The smallest absolute Gasteiger partial charge is 0.0492 e. The van der Waals surface area contributed by atoms with Crippen LogP contribution in [0.1, 0.15) is 19.0 Å². The Labute approximate surface area is 126 Å². The van der Waals surface area contributed by atoms with Gasteiger partial charge in [-0.25, -0.2) is 0 Å². The van der Waals surface area contributed by atoms with Crippen molar-refractivity contribution in [2.45, 2.75) is 32.4 Å². The zero-order valence-corrected chi connectivity index (χ0v) is 12.7. The van der Waals surface area contributed by atoms with E-state index in [-0.39, 0.29) is 0 Å². The molecular weight excluding hydrogens is 260 g/mol. The van der Waals surface area contributed by atoms with Crippen molar-refractivity contribution in [2.24, 2.45) is 0 Å². The highest BCUT2D eigenvalue weighted by atomic mass is 15.3. The van der Waals surface area contributed by atoms with Crippen LogP contribution in [0, 0.1) is 0 Å². The van der Waals surface area contributed by atoms with Crippen LogP contribution >= 0.6 is 0 Å². The lowest BCUT2D eigenvalue weighted by Crippen LogP contribution is -2.28. The number of benzene rings is 1. The van der Waals surface area contributed by atoms with Gasteiger partial charge in [0, 0.05) is 56.2 Å². The Kier molecular flexibility index (Phi) is 4.55. The van der Waals surface area contributed by atoms with Gasteiger partial charge in [0.2, 0.25) is 0 Å². The number of likely N-dealkylation sites (tertiary alicyclic amines) is 1. The third-order valence-corrected chi connectivity index (χ3v) is 4.21. The van der Waals surface area contributed by atoms with E-state index < -0.39 is 0 Å². The average Bonchev–Trinajstić information content (AvgIpc) is 3.15. The number of nitrogens with zero attached hydrogens (tertiary/aromatic N) is 3. The Morgan fingerprint density at radius 1 is 1.24 bits per heavy atom. The molecule has 1 unspecified atom stereocenters. The molecule has 2 heterocycles. The van der Waals surface area contributed by atoms with E-state index in [0.717, 1.165) is 26.1 Å². The predicted octanol–water partition coefficient (Wildman–Crippen LogP) is 2.63. The van der Waals surface area contributed by atoms with Gasteiger partial charge in [0.1, 0.15) is 0 Å². The van der Waals surface area contributed by atoms with Gasteiger partial charge in [0.05, 0.1) is 0 Å². The van der Waals surface area contributed by atoms with Gasteiger partial charge >= 0.3 is 0 Å². The highest BCUT2D eigenvalue weighted by Crippen LogP contribution is 2.16. The fourth-order valence-electron chi connectivity index (χ4n) is 3.05. The van der Waals surface area contributed by atoms with Gasteiger partial charge in [0.25, 0.3) is 0 Å². The molecule has 1 aliphatic rings. The summed E-state index contributed by atoms with van der Waals surface area (Å²) in [5, 5.41) is 7.96. The first-order valence-electron chi connectivity index (χ1n) is 7.90. The van der Waals surface area contributed by atoms with E-state index in [9.17, 15) is 0 Å². The molecule has 1 fully saturated rings. The molecule has 2 aromatic rings. The van der Waals surface area contributed by atoms with Gasteiger partial charge in [-0.1, -0.05) is 18.2 Å². The van der Waals surface area contributed by atoms with Gasteiger partial charge in [-0.3, -0.25) is 4.68 Å². The van der Waals surface area contributed by atoms with E-state index in [4.69, 9.17) is 0 Å². The molecule has 21 heavy (non-hydrogen) atoms. The first-order chi connectivity index (χ1) is 10.3.